The molecule has 1 aliphatic carbocycles. The van der Waals surface area contributed by atoms with Crippen LogP contribution in [0.25, 0.3) is 0 Å². The first-order valence-electron chi connectivity index (χ1n) is 7.40. The summed E-state index contributed by atoms with van der Waals surface area (Å²) in [6, 6.07) is 8.06. The van der Waals surface area contributed by atoms with Gasteiger partial charge in [0, 0.05) is 18.2 Å². The normalized spacial score (nSPS) is 16.1. The molecule has 1 aromatic carbocycles. The minimum Gasteiger partial charge on any atom is -0.493 e. The molecule has 2 N–H and O–H groups in total. The van der Waals surface area contributed by atoms with Gasteiger partial charge in [-0.05, 0) is 37.8 Å². The van der Waals surface area contributed by atoms with Gasteiger partial charge in [0.15, 0.2) is 0 Å². The van der Waals surface area contributed by atoms with Gasteiger partial charge in [0.2, 0.25) is 0 Å². The van der Waals surface area contributed by atoms with Gasteiger partial charge in [-0.3, -0.25) is 4.79 Å². The summed E-state index contributed by atoms with van der Waals surface area (Å²) in [7, 11) is 0. The number of amides is 1. The van der Waals surface area contributed by atoms with Crippen LogP contribution in [0.5, 0.6) is 5.75 Å². The van der Waals surface area contributed by atoms with Crippen LogP contribution in [0.4, 0.5) is 14.5 Å². The van der Waals surface area contributed by atoms with Gasteiger partial charge in [-0.15, -0.1) is 0 Å². The average Bonchev–Trinajstić information content (AvgIpc) is 2.49. The van der Waals surface area contributed by atoms with Crippen molar-refractivity contribution in [1.29, 1.82) is 5.26 Å². The van der Waals surface area contributed by atoms with E-state index in [1.54, 1.807) is 12.1 Å². The molecule has 1 aromatic rings. The minimum atomic E-state index is -3.84. The van der Waals surface area contributed by atoms with Crippen LogP contribution in [0.3, 0.4) is 0 Å². The molecular formula is C16H18F2N2O3. The summed E-state index contributed by atoms with van der Waals surface area (Å²) in [5, 5.41) is 20.3. The molecule has 0 heterocycles. The topological polar surface area (TPSA) is 82.3 Å². The van der Waals surface area contributed by atoms with Crippen LogP contribution in [0.1, 0.15) is 32.1 Å². The van der Waals surface area contributed by atoms with Gasteiger partial charge in [-0.2, -0.15) is 14.0 Å². The van der Waals surface area contributed by atoms with Crippen molar-refractivity contribution >= 4 is 11.6 Å². The maximum absolute atomic E-state index is 14.0. The summed E-state index contributed by atoms with van der Waals surface area (Å²) in [5.74, 6) is -4.96. The molecule has 0 unspecified atom stereocenters. The minimum absolute atomic E-state index is 0.0878. The zero-order valence-electron chi connectivity index (χ0n) is 12.5. The number of halogens is 2. The number of hydrogen-bond acceptors (Lipinski definition) is 4. The largest absolute Gasteiger partial charge is 0.493 e. The first kappa shape index (κ1) is 17.2. The molecule has 5 nitrogen and oxygen atoms in total. The van der Waals surface area contributed by atoms with Crippen molar-refractivity contribution in [3.63, 3.8) is 0 Å². The van der Waals surface area contributed by atoms with Crippen molar-refractivity contribution in [3.8, 4) is 11.8 Å². The average molecular weight is 324 g/mol. The fourth-order valence-corrected chi connectivity index (χ4v) is 2.25. The highest BCUT2D eigenvalue weighted by atomic mass is 19.3. The third-order valence-corrected chi connectivity index (χ3v) is 3.84. The fraction of sp³-hybridized carbons (Fsp3) is 0.500. The molecule has 0 aliphatic heterocycles. The highest BCUT2D eigenvalue weighted by Gasteiger charge is 2.61. The van der Waals surface area contributed by atoms with E-state index in [0.717, 1.165) is 0 Å². The van der Waals surface area contributed by atoms with Crippen LogP contribution in [0.2, 0.25) is 0 Å². The molecule has 23 heavy (non-hydrogen) atoms. The molecule has 0 spiro atoms. The van der Waals surface area contributed by atoms with Crippen molar-refractivity contribution in [2.45, 2.75) is 43.6 Å². The Morgan fingerprint density at radius 1 is 1.48 bits per heavy atom. The van der Waals surface area contributed by atoms with E-state index in [2.05, 4.69) is 5.32 Å². The van der Waals surface area contributed by atoms with Crippen LogP contribution < -0.4 is 10.1 Å². The lowest BCUT2D eigenvalue weighted by Crippen LogP contribution is -2.59. The molecule has 7 heteroatoms. The number of carbonyl (C=O) groups is 1. The Balaban J connectivity index is 1.97. The highest BCUT2D eigenvalue weighted by molar-refractivity contribution is 5.97. The summed E-state index contributed by atoms with van der Waals surface area (Å²) in [6.07, 6.45) is 1.22. The van der Waals surface area contributed by atoms with E-state index in [1.807, 2.05) is 6.07 Å². The van der Waals surface area contributed by atoms with E-state index in [1.165, 1.54) is 12.1 Å². The maximum atomic E-state index is 14.0. The molecule has 0 aromatic heterocycles. The van der Waals surface area contributed by atoms with Gasteiger partial charge in [0.1, 0.15) is 11.4 Å². The molecule has 1 aliphatic rings. The van der Waals surface area contributed by atoms with Gasteiger partial charge >= 0.3 is 5.92 Å². The predicted molar refractivity (Wildman–Crippen MR) is 79.2 cm³/mol. The van der Waals surface area contributed by atoms with E-state index < -0.39 is 17.4 Å². The quantitative estimate of drug-likeness (QED) is 0.756. The number of carbonyl (C=O) groups excluding carboxylic acids is 1. The Morgan fingerprint density at radius 3 is 2.83 bits per heavy atom. The number of nitrogens with one attached hydrogen (secondary N) is 1. The predicted octanol–water partition coefficient (Wildman–Crippen LogP) is 2.86. The lowest BCUT2D eigenvalue weighted by molar-refractivity contribution is -0.212. The molecular weight excluding hydrogens is 306 g/mol. The second-order valence-electron chi connectivity index (χ2n) is 5.55. The molecule has 0 radical (unpaired) electrons. The number of nitrogens with zero attached hydrogens (tertiary/aromatic N) is 1. The van der Waals surface area contributed by atoms with Crippen LogP contribution in [0, 0.1) is 11.3 Å². The summed E-state index contributed by atoms with van der Waals surface area (Å²) in [6.45, 7) is 0.320. The summed E-state index contributed by atoms with van der Waals surface area (Å²) in [5.41, 5.74) is -2.09. The van der Waals surface area contributed by atoms with E-state index in [-0.39, 0.29) is 18.5 Å². The third kappa shape index (κ3) is 3.77. The molecule has 0 saturated heterocycles. The second kappa shape index (κ2) is 6.92. The Labute approximate surface area is 132 Å². The smallest absolute Gasteiger partial charge is 0.352 e. The standard InChI is InChI=1S/C16H18F2N2O3/c17-16(18,15(22)7-4-8-15)14(21)20-12-5-3-6-13(11-12)23-10-2-1-9-19/h3,5-6,11,22H,1-2,4,7-8,10H2,(H,20,21). The summed E-state index contributed by atoms with van der Waals surface area (Å²) >= 11 is 0. The van der Waals surface area contributed by atoms with Crippen molar-refractivity contribution in [3.05, 3.63) is 24.3 Å². The van der Waals surface area contributed by atoms with Gasteiger partial charge < -0.3 is 15.2 Å². The number of nitriles is 1. The SMILES string of the molecule is N#CCCCOc1cccc(NC(=O)C(F)(F)C2(O)CCC2)c1. The third-order valence-electron chi connectivity index (χ3n) is 3.84. The first-order chi connectivity index (χ1) is 10.9. The summed E-state index contributed by atoms with van der Waals surface area (Å²) < 4.78 is 33.4. The van der Waals surface area contributed by atoms with Crippen LogP contribution in [-0.2, 0) is 4.79 Å². The van der Waals surface area contributed by atoms with Crippen molar-refractivity contribution in [1.82, 2.24) is 0 Å². The molecule has 2 rings (SSSR count). The number of rotatable bonds is 7. The number of unbranched alkanes of at least 4 members (excludes halogenated alkanes) is 1. The zero-order chi connectivity index (χ0) is 16.9. The molecule has 0 bridgehead atoms. The van der Waals surface area contributed by atoms with Gasteiger partial charge in [-0.1, -0.05) is 6.07 Å². The number of hydrogen-bond donors (Lipinski definition) is 2. The van der Waals surface area contributed by atoms with Gasteiger partial charge in [0.25, 0.3) is 5.91 Å². The summed E-state index contributed by atoms with van der Waals surface area (Å²) in [4.78, 5) is 11.8. The second-order valence-corrected chi connectivity index (χ2v) is 5.55. The first-order valence-corrected chi connectivity index (χ1v) is 7.40. The highest BCUT2D eigenvalue weighted by Crippen LogP contribution is 2.44. The Bertz CT molecular complexity index is 610. The van der Waals surface area contributed by atoms with Crippen LogP contribution >= 0.6 is 0 Å². The van der Waals surface area contributed by atoms with Crippen molar-refractivity contribution in [2.75, 3.05) is 11.9 Å². The lowest BCUT2D eigenvalue weighted by Gasteiger charge is -2.41. The van der Waals surface area contributed by atoms with Crippen LogP contribution in [-0.4, -0.2) is 29.1 Å². The molecule has 1 fully saturated rings. The van der Waals surface area contributed by atoms with Crippen molar-refractivity contribution in [2.24, 2.45) is 0 Å². The van der Waals surface area contributed by atoms with E-state index in [4.69, 9.17) is 10.00 Å². The van der Waals surface area contributed by atoms with E-state index in [0.29, 0.717) is 31.6 Å². The number of benzene rings is 1. The monoisotopic (exact) mass is 324 g/mol. The number of aliphatic hydroxyl groups is 1. The maximum Gasteiger partial charge on any atom is 0.352 e. The molecule has 0 atom stereocenters. The lowest BCUT2D eigenvalue weighted by atomic mass is 9.75. The zero-order valence-corrected chi connectivity index (χ0v) is 12.5. The molecule has 1 amide bonds. The Morgan fingerprint density at radius 2 is 2.22 bits per heavy atom. The number of alkyl halides is 2. The Kier molecular flexibility index (Phi) is 5.16. The van der Waals surface area contributed by atoms with E-state index >= 15 is 0 Å². The van der Waals surface area contributed by atoms with Gasteiger partial charge in [-0.25, -0.2) is 0 Å². The Hall–Kier alpha value is -2.20. The van der Waals surface area contributed by atoms with E-state index in [9.17, 15) is 18.7 Å². The molecule has 124 valence electrons. The van der Waals surface area contributed by atoms with Gasteiger partial charge in [0.05, 0.1) is 12.7 Å². The van der Waals surface area contributed by atoms with Crippen molar-refractivity contribution < 1.29 is 23.4 Å². The van der Waals surface area contributed by atoms with Crippen LogP contribution in [0.15, 0.2) is 24.3 Å². The fourth-order valence-electron chi connectivity index (χ4n) is 2.25. The number of anilines is 1. The number of ether oxygens (including phenoxy) is 1. The molecule has 1 saturated carbocycles.